The van der Waals surface area contributed by atoms with E-state index in [2.05, 4.69) is 31.3 Å². The first-order valence-electron chi connectivity index (χ1n) is 7.35. The molecule has 1 unspecified atom stereocenters. The van der Waals surface area contributed by atoms with E-state index in [-0.39, 0.29) is 6.10 Å². The van der Waals surface area contributed by atoms with Crippen LogP contribution in [-0.2, 0) is 4.74 Å². The van der Waals surface area contributed by atoms with Crippen molar-refractivity contribution in [3.63, 3.8) is 0 Å². The van der Waals surface area contributed by atoms with Crippen molar-refractivity contribution in [2.75, 3.05) is 19.7 Å². The topological polar surface area (TPSA) is 21.3 Å². The summed E-state index contributed by atoms with van der Waals surface area (Å²) in [4.78, 5) is 0. The standard InChI is InChI=1S/C16H26ClNO/c1-3-5-6-7-12-19-16(13-18-4-2)14-8-10-15(17)11-9-14/h8-11,16,18H,3-7,12-13H2,1-2H3. The summed E-state index contributed by atoms with van der Waals surface area (Å²) in [6.45, 7) is 6.98. The summed E-state index contributed by atoms with van der Waals surface area (Å²) in [7, 11) is 0. The third kappa shape index (κ3) is 6.95. The van der Waals surface area contributed by atoms with Crippen molar-refractivity contribution in [1.82, 2.24) is 5.32 Å². The molecule has 3 heteroatoms. The monoisotopic (exact) mass is 283 g/mol. The van der Waals surface area contributed by atoms with Gasteiger partial charge in [-0.25, -0.2) is 0 Å². The molecule has 0 bridgehead atoms. The van der Waals surface area contributed by atoms with E-state index in [0.717, 1.165) is 31.1 Å². The molecule has 1 atom stereocenters. The number of hydrogen-bond donors (Lipinski definition) is 1. The molecule has 0 aliphatic rings. The van der Waals surface area contributed by atoms with Gasteiger partial charge < -0.3 is 10.1 Å². The zero-order valence-electron chi connectivity index (χ0n) is 12.1. The molecule has 0 radical (unpaired) electrons. The lowest BCUT2D eigenvalue weighted by molar-refractivity contribution is 0.0502. The van der Waals surface area contributed by atoms with Crippen LogP contribution in [0.2, 0.25) is 5.02 Å². The number of unbranched alkanes of at least 4 members (excludes halogenated alkanes) is 3. The maximum atomic E-state index is 6.01. The number of ether oxygens (including phenoxy) is 1. The van der Waals surface area contributed by atoms with Gasteiger partial charge >= 0.3 is 0 Å². The van der Waals surface area contributed by atoms with Gasteiger partial charge in [0.25, 0.3) is 0 Å². The Balaban J connectivity index is 2.44. The van der Waals surface area contributed by atoms with E-state index in [1.165, 1.54) is 24.8 Å². The highest BCUT2D eigenvalue weighted by Crippen LogP contribution is 2.20. The van der Waals surface area contributed by atoms with Crippen molar-refractivity contribution < 1.29 is 4.74 Å². The van der Waals surface area contributed by atoms with Crippen LogP contribution < -0.4 is 5.32 Å². The van der Waals surface area contributed by atoms with Gasteiger partial charge in [-0.2, -0.15) is 0 Å². The van der Waals surface area contributed by atoms with Gasteiger partial charge in [-0.3, -0.25) is 0 Å². The fourth-order valence-corrected chi connectivity index (χ4v) is 2.11. The number of hydrogen-bond acceptors (Lipinski definition) is 2. The molecule has 1 rings (SSSR count). The Morgan fingerprint density at radius 3 is 2.47 bits per heavy atom. The molecule has 0 fully saturated rings. The third-order valence-electron chi connectivity index (χ3n) is 3.14. The second-order valence-electron chi connectivity index (χ2n) is 4.78. The Morgan fingerprint density at radius 1 is 1.11 bits per heavy atom. The summed E-state index contributed by atoms with van der Waals surface area (Å²) in [5.41, 5.74) is 1.20. The lowest BCUT2D eigenvalue weighted by Crippen LogP contribution is -2.23. The van der Waals surface area contributed by atoms with Gasteiger partial charge in [-0.05, 0) is 30.7 Å². The lowest BCUT2D eigenvalue weighted by atomic mass is 10.1. The molecule has 0 aliphatic carbocycles. The fraction of sp³-hybridized carbons (Fsp3) is 0.625. The van der Waals surface area contributed by atoms with Crippen LogP contribution in [0, 0.1) is 0 Å². The van der Waals surface area contributed by atoms with Crippen LogP contribution in [0.25, 0.3) is 0 Å². The van der Waals surface area contributed by atoms with Gasteiger partial charge in [0.05, 0.1) is 6.10 Å². The molecule has 0 saturated carbocycles. The van der Waals surface area contributed by atoms with E-state index in [0.29, 0.717) is 0 Å². The van der Waals surface area contributed by atoms with Crippen LogP contribution >= 0.6 is 11.6 Å². The van der Waals surface area contributed by atoms with Crippen LogP contribution in [0.4, 0.5) is 0 Å². The van der Waals surface area contributed by atoms with E-state index >= 15 is 0 Å². The van der Waals surface area contributed by atoms with E-state index < -0.39 is 0 Å². The number of nitrogens with one attached hydrogen (secondary N) is 1. The van der Waals surface area contributed by atoms with E-state index in [9.17, 15) is 0 Å². The number of halogens is 1. The van der Waals surface area contributed by atoms with E-state index in [1.807, 2.05) is 12.1 Å². The van der Waals surface area contributed by atoms with Crippen molar-refractivity contribution in [2.24, 2.45) is 0 Å². The predicted molar refractivity (Wildman–Crippen MR) is 82.8 cm³/mol. The molecule has 19 heavy (non-hydrogen) atoms. The minimum Gasteiger partial charge on any atom is -0.372 e. The summed E-state index contributed by atoms with van der Waals surface area (Å²) in [6, 6.07) is 7.96. The maximum Gasteiger partial charge on any atom is 0.0949 e. The number of benzene rings is 1. The number of rotatable bonds is 10. The molecule has 0 heterocycles. The smallest absolute Gasteiger partial charge is 0.0949 e. The van der Waals surface area contributed by atoms with Gasteiger partial charge in [0.1, 0.15) is 0 Å². The van der Waals surface area contributed by atoms with Crippen molar-refractivity contribution in [3.05, 3.63) is 34.9 Å². The Morgan fingerprint density at radius 2 is 1.84 bits per heavy atom. The van der Waals surface area contributed by atoms with E-state index in [1.54, 1.807) is 0 Å². The molecule has 0 spiro atoms. The minimum atomic E-state index is 0.124. The van der Waals surface area contributed by atoms with Crippen LogP contribution in [0.15, 0.2) is 24.3 Å². The fourth-order valence-electron chi connectivity index (χ4n) is 1.98. The Hall–Kier alpha value is -0.570. The molecule has 1 aromatic carbocycles. The summed E-state index contributed by atoms with van der Waals surface area (Å²) in [6.07, 6.45) is 5.08. The van der Waals surface area contributed by atoms with Gasteiger partial charge in [-0.15, -0.1) is 0 Å². The Labute approximate surface area is 122 Å². The molecule has 0 saturated heterocycles. The molecule has 108 valence electrons. The van der Waals surface area contributed by atoms with E-state index in [4.69, 9.17) is 16.3 Å². The molecule has 0 amide bonds. The Bertz CT molecular complexity index is 326. The summed E-state index contributed by atoms with van der Waals surface area (Å²) >= 11 is 5.93. The average Bonchev–Trinajstić information content (AvgIpc) is 2.43. The highest BCUT2D eigenvalue weighted by Gasteiger charge is 2.11. The van der Waals surface area contributed by atoms with Crippen LogP contribution in [0.1, 0.15) is 51.2 Å². The normalized spacial score (nSPS) is 12.6. The largest absolute Gasteiger partial charge is 0.372 e. The molecule has 0 aliphatic heterocycles. The molecule has 0 aromatic heterocycles. The second kappa shape index (κ2) is 10.2. The van der Waals surface area contributed by atoms with Crippen molar-refractivity contribution in [3.8, 4) is 0 Å². The van der Waals surface area contributed by atoms with Crippen LogP contribution in [0.5, 0.6) is 0 Å². The SMILES string of the molecule is CCCCCCOC(CNCC)c1ccc(Cl)cc1. The highest BCUT2D eigenvalue weighted by molar-refractivity contribution is 6.30. The van der Waals surface area contributed by atoms with Crippen LogP contribution in [-0.4, -0.2) is 19.7 Å². The van der Waals surface area contributed by atoms with Gasteiger partial charge in [-0.1, -0.05) is 56.8 Å². The lowest BCUT2D eigenvalue weighted by Gasteiger charge is -2.19. The third-order valence-corrected chi connectivity index (χ3v) is 3.39. The van der Waals surface area contributed by atoms with Gasteiger partial charge in [0.15, 0.2) is 0 Å². The first kappa shape index (κ1) is 16.5. The van der Waals surface area contributed by atoms with Crippen molar-refractivity contribution >= 4 is 11.6 Å². The zero-order chi connectivity index (χ0) is 13.9. The summed E-state index contributed by atoms with van der Waals surface area (Å²) < 4.78 is 6.01. The summed E-state index contributed by atoms with van der Waals surface area (Å²) in [5.74, 6) is 0. The molecular weight excluding hydrogens is 258 g/mol. The molecule has 1 N–H and O–H groups in total. The van der Waals surface area contributed by atoms with Gasteiger partial charge in [0.2, 0.25) is 0 Å². The first-order valence-corrected chi connectivity index (χ1v) is 7.73. The molecular formula is C16H26ClNO. The van der Waals surface area contributed by atoms with Crippen molar-refractivity contribution in [2.45, 2.75) is 45.6 Å². The predicted octanol–water partition coefficient (Wildman–Crippen LogP) is 4.59. The Kier molecular flexibility index (Phi) is 8.89. The van der Waals surface area contributed by atoms with Crippen LogP contribution in [0.3, 0.4) is 0 Å². The second-order valence-corrected chi connectivity index (χ2v) is 5.22. The quantitative estimate of drug-likeness (QED) is 0.634. The molecule has 1 aromatic rings. The highest BCUT2D eigenvalue weighted by atomic mass is 35.5. The zero-order valence-corrected chi connectivity index (χ0v) is 12.9. The van der Waals surface area contributed by atoms with Gasteiger partial charge in [0, 0.05) is 18.2 Å². The molecule has 2 nitrogen and oxygen atoms in total. The first-order chi connectivity index (χ1) is 9.27. The minimum absolute atomic E-state index is 0.124. The summed E-state index contributed by atoms with van der Waals surface area (Å²) in [5, 5.41) is 4.13. The van der Waals surface area contributed by atoms with Crippen molar-refractivity contribution in [1.29, 1.82) is 0 Å². The number of likely N-dealkylation sites (N-methyl/N-ethyl adjacent to an activating group) is 1. The maximum absolute atomic E-state index is 6.01. The average molecular weight is 284 g/mol.